The van der Waals surface area contributed by atoms with Gasteiger partial charge >= 0.3 is 0 Å². The van der Waals surface area contributed by atoms with Gasteiger partial charge in [-0.1, -0.05) is 30.3 Å². The van der Waals surface area contributed by atoms with Crippen LogP contribution in [-0.4, -0.2) is 51.2 Å². The molecule has 5 nitrogen and oxygen atoms in total. The molecule has 1 amide bonds. The fraction of sp³-hybridized carbons (Fsp3) is 0.500. The van der Waals surface area contributed by atoms with Gasteiger partial charge in [-0.15, -0.1) is 0 Å². The quantitative estimate of drug-likeness (QED) is 0.859. The molecule has 1 aromatic carbocycles. The first-order chi connectivity index (χ1) is 12.0. The van der Waals surface area contributed by atoms with Crippen molar-refractivity contribution in [3.63, 3.8) is 0 Å². The van der Waals surface area contributed by atoms with Crippen LogP contribution in [0.15, 0.2) is 36.4 Å². The molecule has 0 aliphatic carbocycles. The predicted octanol–water partition coefficient (Wildman–Crippen LogP) is 2.62. The molecule has 0 bridgehead atoms. The summed E-state index contributed by atoms with van der Waals surface area (Å²) in [7, 11) is 0. The van der Waals surface area contributed by atoms with Gasteiger partial charge in [0, 0.05) is 37.9 Å². The monoisotopic (exact) mass is 340 g/mol. The Balaban J connectivity index is 1.61. The van der Waals surface area contributed by atoms with E-state index >= 15 is 0 Å². The fourth-order valence-electron chi connectivity index (χ4n) is 3.53. The van der Waals surface area contributed by atoms with Crippen LogP contribution in [0.1, 0.15) is 30.3 Å². The van der Waals surface area contributed by atoms with Crippen LogP contribution < -0.4 is 0 Å². The van der Waals surface area contributed by atoms with E-state index in [1.807, 2.05) is 35.6 Å². The minimum absolute atomic E-state index is 0.167. The van der Waals surface area contributed by atoms with E-state index in [-0.39, 0.29) is 11.9 Å². The largest absolute Gasteiger partial charge is 0.337 e. The van der Waals surface area contributed by atoms with Crippen molar-refractivity contribution >= 4 is 5.91 Å². The molecule has 1 aliphatic heterocycles. The van der Waals surface area contributed by atoms with Crippen molar-refractivity contribution in [2.45, 2.75) is 46.3 Å². The lowest BCUT2D eigenvalue weighted by atomic mass is 10.2. The number of carbonyl (C=O) groups is 1. The van der Waals surface area contributed by atoms with Crippen molar-refractivity contribution in [3.8, 4) is 0 Å². The molecule has 2 aromatic rings. The predicted molar refractivity (Wildman–Crippen MR) is 99.2 cm³/mol. The molecule has 5 heteroatoms. The maximum atomic E-state index is 12.8. The first-order valence-electron chi connectivity index (χ1n) is 9.10. The normalized spacial score (nSPS) is 19.0. The number of hydrogen-bond acceptors (Lipinski definition) is 3. The van der Waals surface area contributed by atoms with E-state index in [1.54, 1.807) is 0 Å². The topological polar surface area (TPSA) is 41.4 Å². The zero-order chi connectivity index (χ0) is 17.8. The molecular weight excluding hydrogens is 312 g/mol. The number of hydrogen-bond donors (Lipinski definition) is 0. The maximum Gasteiger partial charge on any atom is 0.244 e. The van der Waals surface area contributed by atoms with Crippen LogP contribution in [0.2, 0.25) is 0 Å². The summed E-state index contributed by atoms with van der Waals surface area (Å²) in [6, 6.07) is 12.8. The van der Waals surface area contributed by atoms with E-state index in [9.17, 15) is 4.79 Å². The van der Waals surface area contributed by atoms with Crippen LogP contribution >= 0.6 is 0 Å². The Morgan fingerprint density at radius 3 is 2.60 bits per heavy atom. The van der Waals surface area contributed by atoms with E-state index in [2.05, 4.69) is 41.2 Å². The van der Waals surface area contributed by atoms with Crippen LogP contribution in [0.3, 0.4) is 0 Å². The van der Waals surface area contributed by atoms with Gasteiger partial charge in [-0.05, 0) is 38.8 Å². The average Bonchev–Trinajstić information content (AvgIpc) is 2.78. The average molecular weight is 340 g/mol. The van der Waals surface area contributed by atoms with E-state index in [1.165, 1.54) is 5.56 Å². The van der Waals surface area contributed by atoms with Crippen molar-refractivity contribution in [1.29, 1.82) is 0 Å². The van der Waals surface area contributed by atoms with Gasteiger partial charge in [-0.3, -0.25) is 14.4 Å². The van der Waals surface area contributed by atoms with Crippen LogP contribution in [0, 0.1) is 13.8 Å². The molecule has 134 valence electrons. The van der Waals surface area contributed by atoms with Crippen molar-refractivity contribution in [2.24, 2.45) is 0 Å². The number of aromatic nitrogens is 2. The van der Waals surface area contributed by atoms with Crippen molar-refractivity contribution in [2.75, 3.05) is 19.6 Å². The summed E-state index contributed by atoms with van der Waals surface area (Å²) in [6.07, 6.45) is 1.01. The van der Waals surface area contributed by atoms with Gasteiger partial charge in [0.2, 0.25) is 5.91 Å². The van der Waals surface area contributed by atoms with Gasteiger partial charge in [-0.25, -0.2) is 0 Å². The number of carbonyl (C=O) groups excluding carboxylic acids is 1. The number of nitrogens with zero attached hydrogens (tertiary/aromatic N) is 4. The Morgan fingerprint density at radius 1 is 1.16 bits per heavy atom. The van der Waals surface area contributed by atoms with Gasteiger partial charge in [-0.2, -0.15) is 5.10 Å². The molecule has 0 spiro atoms. The van der Waals surface area contributed by atoms with Crippen LogP contribution in [0.25, 0.3) is 0 Å². The molecule has 1 fully saturated rings. The number of amides is 1. The van der Waals surface area contributed by atoms with E-state index < -0.39 is 0 Å². The van der Waals surface area contributed by atoms with E-state index in [0.29, 0.717) is 6.54 Å². The molecule has 0 N–H and O–H groups in total. The number of aryl methyl sites for hydroxylation is 2. The second kappa shape index (κ2) is 7.83. The Morgan fingerprint density at radius 2 is 1.92 bits per heavy atom. The maximum absolute atomic E-state index is 12.8. The van der Waals surface area contributed by atoms with Crippen LogP contribution in [0.4, 0.5) is 0 Å². The minimum atomic E-state index is 0.167. The van der Waals surface area contributed by atoms with Gasteiger partial charge in [0.05, 0.1) is 5.69 Å². The first-order valence-corrected chi connectivity index (χ1v) is 9.10. The first kappa shape index (κ1) is 17.7. The minimum Gasteiger partial charge on any atom is -0.337 e. The third-order valence-corrected chi connectivity index (χ3v) is 5.01. The van der Waals surface area contributed by atoms with E-state index in [0.717, 1.165) is 44.0 Å². The Kier molecular flexibility index (Phi) is 5.53. The fourth-order valence-corrected chi connectivity index (χ4v) is 3.53. The van der Waals surface area contributed by atoms with E-state index in [4.69, 9.17) is 0 Å². The Hall–Kier alpha value is -2.14. The third kappa shape index (κ3) is 4.48. The molecule has 2 heterocycles. The SMILES string of the molecule is Cc1cc(C)n(CC(=O)N2CCN(Cc3ccccc3)CC[C@@H]2C)n1. The third-order valence-electron chi connectivity index (χ3n) is 5.01. The summed E-state index contributed by atoms with van der Waals surface area (Å²) in [5.74, 6) is 0.167. The Bertz CT molecular complexity index is 710. The summed E-state index contributed by atoms with van der Waals surface area (Å²) < 4.78 is 1.82. The molecule has 1 saturated heterocycles. The lowest BCUT2D eigenvalue weighted by Gasteiger charge is -2.27. The standard InChI is InChI=1S/C20H28N4O/c1-16-13-18(3)24(21-16)15-20(25)23-12-11-22(10-9-17(23)2)14-19-7-5-4-6-8-19/h4-8,13,17H,9-12,14-15H2,1-3H3/t17-/m0/s1. The zero-order valence-corrected chi connectivity index (χ0v) is 15.5. The summed E-state index contributed by atoms with van der Waals surface area (Å²) in [5.41, 5.74) is 3.33. The van der Waals surface area contributed by atoms with Gasteiger partial charge in [0.1, 0.15) is 6.54 Å². The molecule has 0 unspecified atom stereocenters. The summed E-state index contributed by atoms with van der Waals surface area (Å²) in [6.45, 7) is 10.1. The van der Waals surface area contributed by atoms with Crippen LogP contribution in [0.5, 0.6) is 0 Å². The Labute approximate surface area is 150 Å². The second-order valence-corrected chi connectivity index (χ2v) is 7.07. The number of rotatable bonds is 4. The zero-order valence-electron chi connectivity index (χ0n) is 15.5. The molecule has 25 heavy (non-hydrogen) atoms. The highest BCUT2D eigenvalue weighted by atomic mass is 16.2. The van der Waals surface area contributed by atoms with Gasteiger partial charge in [0.15, 0.2) is 0 Å². The molecule has 3 rings (SSSR count). The highest BCUT2D eigenvalue weighted by Crippen LogP contribution is 2.15. The summed E-state index contributed by atoms with van der Waals surface area (Å²) in [4.78, 5) is 17.3. The summed E-state index contributed by atoms with van der Waals surface area (Å²) in [5, 5.41) is 4.42. The molecule has 1 aliphatic rings. The second-order valence-electron chi connectivity index (χ2n) is 7.07. The van der Waals surface area contributed by atoms with Gasteiger partial charge in [0.25, 0.3) is 0 Å². The van der Waals surface area contributed by atoms with Crippen molar-refractivity contribution in [3.05, 3.63) is 53.3 Å². The molecule has 0 radical (unpaired) electrons. The smallest absolute Gasteiger partial charge is 0.244 e. The summed E-state index contributed by atoms with van der Waals surface area (Å²) >= 11 is 0. The molecule has 0 saturated carbocycles. The van der Waals surface area contributed by atoms with Crippen LogP contribution in [-0.2, 0) is 17.9 Å². The van der Waals surface area contributed by atoms with Crippen molar-refractivity contribution < 1.29 is 4.79 Å². The van der Waals surface area contributed by atoms with Crippen molar-refractivity contribution in [1.82, 2.24) is 19.6 Å². The highest BCUT2D eigenvalue weighted by Gasteiger charge is 2.25. The lowest BCUT2D eigenvalue weighted by molar-refractivity contribution is -0.133. The molecule has 1 aromatic heterocycles. The van der Waals surface area contributed by atoms with Gasteiger partial charge < -0.3 is 4.90 Å². The highest BCUT2D eigenvalue weighted by molar-refractivity contribution is 5.76. The molecule has 1 atom stereocenters. The lowest BCUT2D eigenvalue weighted by Crippen LogP contribution is -2.41. The molecular formula is C20H28N4O. The number of benzene rings is 1.